The third-order valence-corrected chi connectivity index (χ3v) is 6.22. The number of hydrogen-bond donors (Lipinski definition) is 0. The Morgan fingerprint density at radius 2 is 1.60 bits per heavy atom. The van der Waals surface area contributed by atoms with Gasteiger partial charge in [0, 0.05) is 27.4 Å². The van der Waals surface area contributed by atoms with Crippen LogP contribution < -0.4 is 0 Å². The third kappa shape index (κ3) is 3.84. The lowest BCUT2D eigenvalue weighted by Crippen LogP contribution is -2.49. The highest BCUT2D eigenvalue weighted by Crippen LogP contribution is 2.31. The maximum absolute atomic E-state index is 11.4. The van der Waals surface area contributed by atoms with E-state index in [1.807, 2.05) is 0 Å². The van der Waals surface area contributed by atoms with Gasteiger partial charge in [0.15, 0.2) is 0 Å². The Morgan fingerprint density at radius 1 is 1.20 bits per heavy atom. The van der Waals surface area contributed by atoms with E-state index in [0.29, 0.717) is 6.04 Å². The van der Waals surface area contributed by atoms with Crippen LogP contribution in [0.25, 0.3) is 0 Å². The summed E-state index contributed by atoms with van der Waals surface area (Å²) in [5.41, 5.74) is 0. The summed E-state index contributed by atoms with van der Waals surface area (Å²) < 4.78 is 19.5. The van der Waals surface area contributed by atoms with Crippen LogP contribution in [-0.2, 0) is 22.8 Å². The molecule has 0 amide bonds. The van der Waals surface area contributed by atoms with Gasteiger partial charge < -0.3 is 18.0 Å². The summed E-state index contributed by atoms with van der Waals surface area (Å²) in [4.78, 5) is 11.4. The molecular formula is C8H17BrO5Si. The molecule has 0 aromatic rings. The zero-order valence-corrected chi connectivity index (χ0v) is 12.2. The molecule has 0 aliphatic carbocycles. The number of rotatable bonds is 6. The van der Waals surface area contributed by atoms with Crippen LogP contribution in [0.3, 0.4) is 0 Å². The predicted octanol–water partition coefficient (Wildman–Crippen LogP) is 1.19. The first-order chi connectivity index (χ1) is 6.87. The van der Waals surface area contributed by atoms with Crippen molar-refractivity contribution in [3.63, 3.8) is 0 Å². The van der Waals surface area contributed by atoms with E-state index in [2.05, 4.69) is 20.7 Å². The lowest BCUT2D eigenvalue weighted by Gasteiger charge is -2.30. The Labute approximate surface area is 99.5 Å². The first-order valence-electron chi connectivity index (χ1n) is 4.30. The molecule has 0 heterocycles. The summed E-state index contributed by atoms with van der Waals surface area (Å²) in [6.07, 6.45) is 0. The van der Waals surface area contributed by atoms with Gasteiger partial charge in [-0.05, 0) is 6.92 Å². The van der Waals surface area contributed by atoms with Gasteiger partial charge in [-0.25, -0.2) is 0 Å². The van der Waals surface area contributed by atoms with Crippen LogP contribution in [0.5, 0.6) is 0 Å². The monoisotopic (exact) mass is 300 g/mol. The predicted molar refractivity (Wildman–Crippen MR) is 60.9 cm³/mol. The Balaban J connectivity index is 4.73. The average molecular weight is 301 g/mol. The smallest absolute Gasteiger partial charge is 0.468 e. The van der Waals surface area contributed by atoms with E-state index in [-0.39, 0.29) is 5.97 Å². The highest BCUT2D eigenvalue weighted by Gasteiger charge is 2.48. The van der Waals surface area contributed by atoms with Gasteiger partial charge in [-0.15, -0.1) is 0 Å². The van der Waals surface area contributed by atoms with E-state index in [1.165, 1.54) is 28.4 Å². The molecule has 0 aliphatic rings. The fourth-order valence-electron chi connectivity index (χ4n) is 1.16. The molecule has 90 valence electrons. The number of halogens is 1. The lowest BCUT2D eigenvalue weighted by atomic mass is 10.2. The largest absolute Gasteiger partial charge is 0.502 e. The quantitative estimate of drug-likeness (QED) is 0.419. The van der Waals surface area contributed by atoms with Crippen molar-refractivity contribution in [3.8, 4) is 0 Å². The number of carbonyl (C=O) groups excluding carboxylic acids is 1. The minimum atomic E-state index is -2.78. The molecule has 7 heteroatoms. The van der Waals surface area contributed by atoms with Crippen LogP contribution in [-0.4, -0.2) is 47.5 Å². The molecule has 1 atom stereocenters. The van der Waals surface area contributed by atoms with E-state index >= 15 is 0 Å². The highest BCUT2D eigenvalue weighted by atomic mass is 79.9. The van der Waals surface area contributed by atoms with Gasteiger partial charge in [0.05, 0.1) is 7.11 Å². The summed E-state index contributed by atoms with van der Waals surface area (Å²) >= 11 is 3.29. The lowest BCUT2D eigenvalue weighted by molar-refractivity contribution is -0.142. The highest BCUT2D eigenvalue weighted by molar-refractivity contribution is 9.10. The maximum Gasteiger partial charge on any atom is 0.502 e. The summed E-state index contributed by atoms with van der Waals surface area (Å²) in [7, 11) is 3.05. The summed E-state index contributed by atoms with van der Waals surface area (Å²) in [5.74, 6) is -0.384. The van der Waals surface area contributed by atoms with Crippen LogP contribution in [0.15, 0.2) is 0 Å². The van der Waals surface area contributed by atoms with Gasteiger partial charge in [-0.2, -0.15) is 0 Å². The number of hydrogen-bond acceptors (Lipinski definition) is 5. The van der Waals surface area contributed by atoms with E-state index in [1.54, 1.807) is 6.92 Å². The minimum absolute atomic E-state index is 0.302. The molecule has 15 heavy (non-hydrogen) atoms. The first-order valence-corrected chi connectivity index (χ1v) is 7.02. The number of ether oxygens (including phenoxy) is 1. The van der Waals surface area contributed by atoms with Gasteiger partial charge in [0.2, 0.25) is 0 Å². The van der Waals surface area contributed by atoms with E-state index in [0.717, 1.165) is 0 Å². The Kier molecular flexibility index (Phi) is 5.97. The topological polar surface area (TPSA) is 54.0 Å². The van der Waals surface area contributed by atoms with Crippen LogP contribution in [0.4, 0.5) is 0 Å². The second-order valence-electron chi connectivity index (χ2n) is 3.16. The van der Waals surface area contributed by atoms with Crippen LogP contribution in [0.1, 0.15) is 6.92 Å². The molecule has 0 saturated heterocycles. The molecule has 0 aromatic carbocycles. The minimum Gasteiger partial charge on any atom is -0.468 e. The standard InChI is InChI=1S/C8H17BrO5Si/c1-8(9,7(10)11-2)6-15(12-3,13-4)14-5/h6H2,1-5H3. The third-order valence-electron chi connectivity index (χ3n) is 2.09. The van der Waals surface area contributed by atoms with Crippen molar-refractivity contribution in [1.29, 1.82) is 0 Å². The van der Waals surface area contributed by atoms with Crippen molar-refractivity contribution < 1.29 is 22.8 Å². The molecule has 0 aromatic heterocycles. The molecule has 0 bridgehead atoms. The second-order valence-corrected chi connectivity index (χ2v) is 7.86. The number of alkyl halides is 1. The summed E-state index contributed by atoms with van der Waals surface area (Å²) in [6, 6.07) is 0.302. The van der Waals surface area contributed by atoms with Crippen molar-refractivity contribution in [2.75, 3.05) is 28.4 Å². The van der Waals surface area contributed by atoms with Crippen LogP contribution in [0, 0.1) is 0 Å². The Morgan fingerprint density at radius 3 is 1.87 bits per heavy atom. The Hall–Kier alpha value is 0.0469. The van der Waals surface area contributed by atoms with E-state index < -0.39 is 13.1 Å². The van der Waals surface area contributed by atoms with Gasteiger partial charge in [-0.3, -0.25) is 4.79 Å². The molecule has 0 saturated carbocycles. The van der Waals surface area contributed by atoms with Crippen LogP contribution >= 0.6 is 15.9 Å². The fraction of sp³-hybridized carbons (Fsp3) is 0.875. The number of carbonyl (C=O) groups is 1. The normalized spacial score (nSPS) is 15.9. The summed E-state index contributed by atoms with van der Waals surface area (Å²) in [6.45, 7) is 1.69. The van der Waals surface area contributed by atoms with Gasteiger partial charge in [0.25, 0.3) is 0 Å². The summed E-state index contributed by atoms with van der Waals surface area (Å²) in [5, 5.41) is 0. The molecule has 0 rings (SSSR count). The number of methoxy groups -OCH3 is 1. The van der Waals surface area contributed by atoms with Crippen molar-refractivity contribution in [2.45, 2.75) is 17.3 Å². The molecule has 0 aliphatic heterocycles. The Bertz CT molecular complexity index is 209. The zero-order chi connectivity index (χ0) is 12.1. The maximum atomic E-state index is 11.4. The molecule has 5 nitrogen and oxygen atoms in total. The molecular weight excluding hydrogens is 284 g/mol. The number of esters is 1. The SMILES string of the molecule is COC(=O)C(C)(Br)C[Si](OC)(OC)OC. The molecule has 0 radical (unpaired) electrons. The van der Waals surface area contributed by atoms with Crippen molar-refractivity contribution in [3.05, 3.63) is 0 Å². The van der Waals surface area contributed by atoms with Crippen LogP contribution in [0.2, 0.25) is 6.04 Å². The molecule has 0 spiro atoms. The first kappa shape index (κ1) is 15.0. The average Bonchev–Trinajstić information content (AvgIpc) is 2.24. The van der Waals surface area contributed by atoms with E-state index in [4.69, 9.17) is 13.3 Å². The van der Waals surface area contributed by atoms with Crippen molar-refractivity contribution >= 4 is 30.7 Å². The molecule has 0 N–H and O–H groups in total. The van der Waals surface area contributed by atoms with Gasteiger partial charge in [-0.1, -0.05) is 15.9 Å². The fourth-order valence-corrected chi connectivity index (χ4v) is 4.24. The molecule has 0 fully saturated rings. The second kappa shape index (κ2) is 5.95. The van der Waals surface area contributed by atoms with Gasteiger partial charge in [0.1, 0.15) is 4.32 Å². The molecule has 1 unspecified atom stereocenters. The zero-order valence-electron chi connectivity index (χ0n) is 9.63. The van der Waals surface area contributed by atoms with Crippen molar-refractivity contribution in [2.24, 2.45) is 0 Å². The van der Waals surface area contributed by atoms with Gasteiger partial charge >= 0.3 is 14.8 Å². The van der Waals surface area contributed by atoms with E-state index in [9.17, 15) is 4.79 Å². The van der Waals surface area contributed by atoms with Crippen molar-refractivity contribution in [1.82, 2.24) is 0 Å².